The second-order valence-electron chi connectivity index (χ2n) is 7.75. The lowest BCUT2D eigenvalue weighted by Crippen LogP contribution is -2.59. The summed E-state index contributed by atoms with van der Waals surface area (Å²) in [7, 11) is 0. The number of nitrogens with zero attached hydrogens (tertiary/aromatic N) is 1. The molecule has 1 amide bonds. The van der Waals surface area contributed by atoms with Gasteiger partial charge in [-0.05, 0) is 49.1 Å². The van der Waals surface area contributed by atoms with Crippen LogP contribution in [0.5, 0.6) is 0 Å². The van der Waals surface area contributed by atoms with Crippen LogP contribution in [0.15, 0.2) is 54.6 Å². The number of benzene rings is 2. The average Bonchev–Trinajstić information content (AvgIpc) is 2.67. The number of carbonyl (C=O) groups is 1. The Kier molecular flexibility index (Phi) is 5.22. The molecule has 27 heavy (non-hydrogen) atoms. The summed E-state index contributed by atoms with van der Waals surface area (Å²) < 4.78 is 0. The van der Waals surface area contributed by atoms with E-state index in [9.17, 15) is 9.90 Å². The molecule has 2 aliphatic rings. The van der Waals surface area contributed by atoms with E-state index >= 15 is 0 Å². The van der Waals surface area contributed by atoms with Crippen LogP contribution in [0.4, 0.5) is 0 Å². The number of piperidine rings is 2. The molecule has 2 heterocycles. The predicted molar refractivity (Wildman–Crippen MR) is 106 cm³/mol. The fraction of sp³-hybridized carbons (Fsp3) is 0.409. The summed E-state index contributed by atoms with van der Waals surface area (Å²) in [6.07, 6.45) is 1.69. The zero-order chi connectivity index (χ0) is 18.9. The van der Waals surface area contributed by atoms with Gasteiger partial charge in [-0.2, -0.15) is 0 Å². The first-order valence-electron chi connectivity index (χ1n) is 9.58. The lowest BCUT2D eigenvalue weighted by Gasteiger charge is -2.50. The van der Waals surface area contributed by atoms with Crippen molar-refractivity contribution in [2.24, 2.45) is 5.41 Å². The zero-order valence-corrected chi connectivity index (χ0v) is 16.0. The SMILES string of the molecule is O=C1N(Cc2cccc(Cl)c2)[C@@H](c2ccccc2)[C@H](O)C[C@]12CCCNC2. The largest absolute Gasteiger partial charge is 0.391 e. The molecule has 0 aromatic heterocycles. The van der Waals surface area contributed by atoms with Crippen LogP contribution in [0.1, 0.15) is 36.4 Å². The number of aliphatic hydroxyl groups excluding tert-OH is 1. The predicted octanol–water partition coefficient (Wildman–Crippen LogP) is 3.54. The molecule has 0 bridgehead atoms. The third kappa shape index (κ3) is 3.62. The van der Waals surface area contributed by atoms with Crippen LogP contribution in [0.3, 0.4) is 0 Å². The van der Waals surface area contributed by atoms with Crippen molar-refractivity contribution >= 4 is 17.5 Å². The average molecular weight is 385 g/mol. The van der Waals surface area contributed by atoms with E-state index in [1.54, 1.807) is 0 Å². The molecule has 2 aromatic carbocycles. The molecule has 3 atom stereocenters. The fourth-order valence-electron chi connectivity index (χ4n) is 4.62. The summed E-state index contributed by atoms with van der Waals surface area (Å²) in [6.45, 7) is 2.01. The molecule has 0 unspecified atom stereocenters. The van der Waals surface area contributed by atoms with Crippen molar-refractivity contribution in [2.45, 2.75) is 38.0 Å². The number of nitrogens with one attached hydrogen (secondary N) is 1. The van der Waals surface area contributed by atoms with Crippen molar-refractivity contribution in [3.63, 3.8) is 0 Å². The minimum absolute atomic E-state index is 0.133. The second kappa shape index (κ2) is 7.63. The van der Waals surface area contributed by atoms with Gasteiger partial charge in [0, 0.05) is 18.1 Å². The Bertz CT molecular complexity index is 805. The Labute approximate surface area is 165 Å². The van der Waals surface area contributed by atoms with Crippen molar-refractivity contribution in [3.8, 4) is 0 Å². The number of rotatable bonds is 3. The minimum Gasteiger partial charge on any atom is -0.391 e. The molecule has 2 N–H and O–H groups in total. The molecule has 2 saturated heterocycles. The van der Waals surface area contributed by atoms with E-state index < -0.39 is 11.5 Å². The summed E-state index contributed by atoms with van der Waals surface area (Å²) in [5.74, 6) is 0.133. The number of aliphatic hydroxyl groups is 1. The molecular formula is C22H25ClN2O2. The molecule has 0 saturated carbocycles. The van der Waals surface area contributed by atoms with Gasteiger partial charge in [0.25, 0.3) is 0 Å². The molecule has 142 valence electrons. The van der Waals surface area contributed by atoms with Crippen molar-refractivity contribution in [3.05, 3.63) is 70.7 Å². The third-order valence-corrected chi connectivity index (χ3v) is 6.11. The molecule has 5 heteroatoms. The van der Waals surface area contributed by atoms with Crippen LogP contribution in [0.2, 0.25) is 5.02 Å². The molecule has 4 rings (SSSR count). The van der Waals surface area contributed by atoms with Gasteiger partial charge in [-0.3, -0.25) is 4.79 Å². The van der Waals surface area contributed by atoms with E-state index in [4.69, 9.17) is 11.6 Å². The number of carbonyl (C=O) groups excluding carboxylic acids is 1. The normalized spacial score (nSPS) is 28.5. The van der Waals surface area contributed by atoms with Crippen molar-refractivity contribution < 1.29 is 9.90 Å². The van der Waals surface area contributed by atoms with E-state index in [2.05, 4.69) is 5.32 Å². The van der Waals surface area contributed by atoms with Crippen LogP contribution in [-0.4, -0.2) is 35.1 Å². The maximum absolute atomic E-state index is 13.7. The van der Waals surface area contributed by atoms with Crippen molar-refractivity contribution in [1.29, 1.82) is 0 Å². The minimum atomic E-state index is -0.593. The van der Waals surface area contributed by atoms with Crippen LogP contribution in [0, 0.1) is 5.41 Å². The number of hydrogen-bond donors (Lipinski definition) is 2. The van der Waals surface area contributed by atoms with Crippen LogP contribution < -0.4 is 5.32 Å². The summed E-state index contributed by atoms with van der Waals surface area (Å²) in [4.78, 5) is 15.5. The fourth-order valence-corrected chi connectivity index (χ4v) is 4.83. The van der Waals surface area contributed by atoms with E-state index in [1.807, 2.05) is 59.5 Å². The summed E-state index contributed by atoms with van der Waals surface area (Å²) in [5, 5.41) is 15.1. The Morgan fingerprint density at radius 3 is 2.70 bits per heavy atom. The van der Waals surface area contributed by atoms with Crippen molar-refractivity contribution in [1.82, 2.24) is 10.2 Å². The summed E-state index contributed by atoms with van der Waals surface area (Å²) >= 11 is 6.16. The van der Waals surface area contributed by atoms with Gasteiger partial charge in [-0.25, -0.2) is 0 Å². The summed E-state index contributed by atoms with van der Waals surface area (Å²) in [5.41, 5.74) is 1.44. The Hall–Kier alpha value is -1.88. The Morgan fingerprint density at radius 2 is 2.00 bits per heavy atom. The van der Waals surface area contributed by atoms with E-state index in [0.29, 0.717) is 24.5 Å². The zero-order valence-electron chi connectivity index (χ0n) is 15.3. The highest BCUT2D eigenvalue weighted by molar-refractivity contribution is 6.30. The molecule has 4 nitrogen and oxygen atoms in total. The quantitative estimate of drug-likeness (QED) is 0.850. The first-order valence-corrected chi connectivity index (χ1v) is 9.96. The van der Waals surface area contributed by atoms with Gasteiger partial charge in [0.15, 0.2) is 0 Å². The molecule has 0 aliphatic carbocycles. The number of halogens is 1. The highest BCUT2D eigenvalue weighted by Crippen LogP contribution is 2.45. The third-order valence-electron chi connectivity index (χ3n) is 5.87. The summed E-state index contributed by atoms with van der Waals surface area (Å²) in [6, 6.07) is 17.1. The van der Waals surface area contributed by atoms with Gasteiger partial charge in [0.1, 0.15) is 0 Å². The Morgan fingerprint density at radius 1 is 1.19 bits per heavy atom. The van der Waals surface area contributed by atoms with Gasteiger partial charge < -0.3 is 15.3 Å². The molecule has 2 aromatic rings. The first kappa shape index (κ1) is 18.5. The smallest absolute Gasteiger partial charge is 0.231 e. The van der Waals surface area contributed by atoms with Gasteiger partial charge >= 0.3 is 0 Å². The maximum atomic E-state index is 13.7. The standard InChI is InChI=1S/C22H25ClN2O2/c23-18-9-4-6-16(12-18)14-25-20(17-7-2-1-3-8-17)19(26)13-22(21(25)27)10-5-11-24-15-22/h1-4,6-9,12,19-20,24,26H,5,10-11,13-15H2/t19-,20+,22+/m1/s1. The molecule has 1 spiro atoms. The van der Waals surface area contributed by atoms with Gasteiger partial charge in [0.05, 0.1) is 17.6 Å². The Balaban J connectivity index is 1.72. The highest BCUT2D eigenvalue weighted by atomic mass is 35.5. The number of hydrogen-bond acceptors (Lipinski definition) is 3. The first-order chi connectivity index (χ1) is 13.1. The highest BCUT2D eigenvalue weighted by Gasteiger charge is 2.51. The van der Waals surface area contributed by atoms with Crippen molar-refractivity contribution in [2.75, 3.05) is 13.1 Å². The van der Waals surface area contributed by atoms with Crippen LogP contribution in [0.25, 0.3) is 0 Å². The lowest BCUT2D eigenvalue weighted by atomic mass is 9.70. The van der Waals surface area contributed by atoms with Crippen LogP contribution >= 0.6 is 11.6 Å². The topological polar surface area (TPSA) is 52.6 Å². The number of likely N-dealkylation sites (tertiary alicyclic amines) is 1. The van der Waals surface area contributed by atoms with E-state index in [-0.39, 0.29) is 11.9 Å². The van der Waals surface area contributed by atoms with E-state index in [0.717, 1.165) is 30.5 Å². The monoisotopic (exact) mass is 384 g/mol. The molecule has 2 aliphatic heterocycles. The lowest BCUT2D eigenvalue weighted by molar-refractivity contribution is -0.162. The maximum Gasteiger partial charge on any atom is 0.231 e. The van der Waals surface area contributed by atoms with E-state index in [1.165, 1.54) is 0 Å². The van der Waals surface area contributed by atoms with Gasteiger partial charge in [0.2, 0.25) is 5.91 Å². The van der Waals surface area contributed by atoms with Crippen LogP contribution in [-0.2, 0) is 11.3 Å². The number of amides is 1. The molecular weight excluding hydrogens is 360 g/mol. The second-order valence-corrected chi connectivity index (χ2v) is 8.19. The molecule has 0 radical (unpaired) electrons. The van der Waals surface area contributed by atoms with Gasteiger partial charge in [-0.15, -0.1) is 0 Å². The van der Waals surface area contributed by atoms with Gasteiger partial charge in [-0.1, -0.05) is 54.1 Å². The molecule has 2 fully saturated rings.